The van der Waals surface area contributed by atoms with E-state index in [0.29, 0.717) is 21.5 Å². The van der Waals surface area contributed by atoms with Crippen molar-refractivity contribution in [1.29, 1.82) is 5.26 Å². The van der Waals surface area contributed by atoms with E-state index in [2.05, 4.69) is 20.5 Å². The van der Waals surface area contributed by atoms with Crippen LogP contribution in [0.5, 0.6) is 0 Å². The number of aromatic nitrogens is 3. The van der Waals surface area contributed by atoms with Crippen LogP contribution in [-0.4, -0.2) is 26.3 Å². The van der Waals surface area contributed by atoms with E-state index >= 15 is 0 Å². The lowest BCUT2D eigenvalue weighted by Gasteiger charge is -2.08. The van der Waals surface area contributed by atoms with Crippen LogP contribution in [0, 0.1) is 17.1 Å². The average molecular weight is 399 g/mol. The van der Waals surface area contributed by atoms with E-state index in [1.807, 2.05) is 6.07 Å². The van der Waals surface area contributed by atoms with Gasteiger partial charge in [0.25, 0.3) is 0 Å². The Labute approximate surface area is 163 Å². The van der Waals surface area contributed by atoms with Crippen LogP contribution in [0.2, 0.25) is 0 Å². The Kier molecular flexibility index (Phi) is 6.01. The van der Waals surface area contributed by atoms with E-state index in [1.54, 1.807) is 42.7 Å². The van der Waals surface area contributed by atoms with Crippen molar-refractivity contribution in [3.05, 3.63) is 58.5 Å². The first-order chi connectivity index (χ1) is 13.0. The molecule has 0 unspecified atom stereocenters. The van der Waals surface area contributed by atoms with Crippen LogP contribution in [0.25, 0.3) is 12.2 Å². The number of halogens is 1. The van der Waals surface area contributed by atoms with Crippen LogP contribution in [0.3, 0.4) is 0 Å². The summed E-state index contributed by atoms with van der Waals surface area (Å²) >= 11 is 2.51. The SMILES string of the molecule is C[C@@H](Sc1n[nH]c(/C=C/c2ccc(F)cc2)n1)C(=O)Nc1sccc1C#N. The molecule has 1 aromatic carbocycles. The number of aromatic amines is 1. The lowest BCUT2D eigenvalue weighted by atomic mass is 10.2. The molecule has 1 amide bonds. The number of thiophene rings is 1. The number of H-pyrrole nitrogens is 1. The number of benzene rings is 1. The monoisotopic (exact) mass is 399 g/mol. The second kappa shape index (κ2) is 8.62. The molecule has 0 aliphatic rings. The Balaban J connectivity index is 1.59. The van der Waals surface area contributed by atoms with Crippen molar-refractivity contribution < 1.29 is 9.18 Å². The highest BCUT2D eigenvalue weighted by molar-refractivity contribution is 8.00. The molecular weight excluding hydrogens is 385 g/mol. The molecule has 0 bridgehead atoms. The summed E-state index contributed by atoms with van der Waals surface area (Å²) in [4.78, 5) is 16.6. The van der Waals surface area contributed by atoms with Crippen LogP contribution < -0.4 is 5.32 Å². The summed E-state index contributed by atoms with van der Waals surface area (Å²) in [6.07, 6.45) is 3.50. The quantitative estimate of drug-likeness (QED) is 0.607. The first kappa shape index (κ1) is 18.8. The number of nitriles is 1. The van der Waals surface area contributed by atoms with Gasteiger partial charge in [0.1, 0.15) is 22.7 Å². The van der Waals surface area contributed by atoms with Crippen molar-refractivity contribution in [3.63, 3.8) is 0 Å². The third-order valence-electron chi connectivity index (χ3n) is 3.46. The molecule has 0 aliphatic heterocycles. The predicted octanol–water partition coefficient (Wildman–Crippen LogP) is 4.17. The highest BCUT2D eigenvalue weighted by atomic mass is 32.2. The number of nitrogens with zero attached hydrogens (tertiary/aromatic N) is 3. The van der Waals surface area contributed by atoms with Gasteiger partial charge in [-0.3, -0.25) is 9.89 Å². The molecule has 0 radical (unpaired) electrons. The fraction of sp³-hybridized carbons (Fsp3) is 0.111. The summed E-state index contributed by atoms with van der Waals surface area (Å²) in [5.41, 5.74) is 1.27. The Bertz CT molecular complexity index is 1000. The van der Waals surface area contributed by atoms with E-state index in [0.717, 1.165) is 5.56 Å². The third-order valence-corrected chi connectivity index (χ3v) is 5.25. The van der Waals surface area contributed by atoms with Crippen LogP contribution in [0.15, 0.2) is 40.9 Å². The van der Waals surface area contributed by atoms with E-state index in [9.17, 15) is 9.18 Å². The standard InChI is InChI=1S/C18H14FN5OS2/c1-11(16(25)22-17-13(10-20)8-9-26-17)27-18-21-15(23-24-18)7-4-12-2-5-14(19)6-3-12/h2-9,11H,1H3,(H,22,25)(H,21,23,24)/b7-4+/t11-/m1/s1. The van der Waals surface area contributed by atoms with Gasteiger partial charge in [0, 0.05) is 0 Å². The second-order valence-electron chi connectivity index (χ2n) is 5.41. The molecule has 0 saturated carbocycles. The lowest BCUT2D eigenvalue weighted by molar-refractivity contribution is -0.115. The van der Waals surface area contributed by atoms with Gasteiger partial charge < -0.3 is 5.32 Å². The molecule has 0 saturated heterocycles. The van der Waals surface area contributed by atoms with Gasteiger partial charge in [0.05, 0.1) is 10.8 Å². The molecular formula is C18H14FN5OS2. The summed E-state index contributed by atoms with van der Waals surface area (Å²) in [5, 5.41) is 20.9. The van der Waals surface area contributed by atoms with Crippen LogP contribution in [-0.2, 0) is 4.79 Å². The summed E-state index contributed by atoms with van der Waals surface area (Å²) in [6, 6.07) is 9.77. The minimum atomic E-state index is -0.441. The average Bonchev–Trinajstić information content (AvgIpc) is 3.30. The zero-order valence-corrected chi connectivity index (χ0v) is 15.8. The maximum absolute atomic E-state index is 12.9. The zero-order chi connectivity index (χ0) is 19.2. The molecule has 3 rings (SSSR count). The minimum Gasteiger partial charge on any atom is -0.316 e. The molecule has 9 heteroatoms. The number of carbonyl (C=O) groups is 1. The molecule has 1 atom stereocenters. The molecule has 2 heterocycles. The molecule has 27 heavy (non-hydrogen) atoms. The second-order valence-corrected chi connectivity index (χ2v) is 7.64. The smallest absolute Gasteiger partial charge is 0.238 e. The van der Waals surface area contributed by atoms with Gasteiger partial charge >= 0.3 is 0 Å². The third kappa shape index (κ3) is 5.03. The van der Waals surface area contributed by atoms with Crippen molar-refractivity contribution in [2.75, 3.05) is 5.32 Å². The van der Waals surface area contributed by atoms with Gasteiger partial charge in [0.15, 0.2) is 0 Å². The first-order valence-electron chi connectivity index (χ1n) is 7.86. The van der Waals surface area contributed by atoms with Gasteiger partial charge in [0.2, 0.25) is 11.1 Å². The van der Waals surface area contributed by atoms with Crippen LogP contribution in [0.1, 0.15) is 23.9 Å². The summed E-state index contributed by atoms with van der Waals surface area (Å²) in [6.45, 7) is 1.74. The van der Waals surface area contributed by atoms with Gasteiger partial charge in [-0.2, -0.15) is 5.26 Å². The summed E-state index contributed by atoms with van der Waals surface area (Å²) < 4.78 is 12.9. The largest absolute Gasteiger partial charge is 0.316 e. The number of hydrogen-bond donors (Lipinski definition) is 2. The highest BCUT2D eigenvalue weighted by Gasteiger charge is 2.18. The number of anilines is 1. The summed E-state index contributed by atoms with van der Waals surface area (Å²) in [7, 11) is 0. The summed E-state index contributed by atoms with van der Waals surface area (Å²) in [5.74, 6) is 0.00816. The van der Waals surface area contributed by atoms with Crippen molar-refractivity contribution >= 4 is 46.2 Å². The molecule has 2 aromatic heterocycles. The topological polar surface area (TPSA) is 94.5 Å². The van der Waals surface area contributed by atoms with Crippen molar-refractivity contribution in [2.24, 2.45) is 0 Å². The highest BCUT2D eigenvalue weighted by Crippen LogP contribution is 2.25. The number of nitrogens with one attached hydrogen (secondary N) is 2. The number of carbonyl (C=O) groups excluding carboxylic acids is 1. The minimum absolute atomic E-state index is 0.229. The molecule has 136 valence electrons. The Morgan fingerprint density at radius 3 is 2.89 bits per heavy atom. The molecule has 6 nitrogen and oxygen atoms in total. The number of amides is 1. The van der Waals surface area contributed by atoms with Gasteiger partial charge in [-0.15, -0.1) is 16.4 Å². The number of thioether (sulfide) groups is 1. The van der Waals surface area contributed by atoms with Gasteiger partial charge in [-0.05, 0) is 42.1 Å². The predicted molar refractivity (Wildman–Crippen MR) is 105 cm³/mol. The Hall–Kier alpha value is -2.96. The molecule has 3 aromatic rings. The first-order valence-corrected chi connectivity index (χ1v) is 9.62. The molecule has 0 fully saturated rings. The maximum atomic E-state index is 12.9. The van der Waals surface area contributed by atoms with Gasteiger partial charge in [-0.25, -0.2) is 9.37 Å². The molecule has 0 aliphatic carbocycles. The van der Waals surface area contributed by atoms with Crippen molar-refractivity contribution in [3.8, 4) is 6.07 Å². The van der Waals surface area contributed by atoms with E-state index < -0.39 is 5.25 Å². The normalized spacial score (nSPS) is 12.0. The van der Waals surface area contributed by atoms with Crippen molar-refractivity contribution in [1.82, 2.24) is 15.2 Å². The van der Waals surface area contributed by atoms with Crippen LogP contribution >= 0.6 is 23.1 Å². The van der Waals surface area contributed by atoms with E-state index in [-0.39, 0.29) is 11.7 Å². The Morgan fingerprint density at radius 1 is 1.37 bits per heavy atom. The van der Waals surface area contributed by atoms with Gasteiger partial charge in [-0.1, -0.05) is 30.0 Å². The fourth-order valence-corrected chi connectivity index (χ4v) is 3.53. The van der Waals surface area contributed by atoms with Crippen LogP contribution in [0.4, 0.5) is 9.39 Å². The van der Waals surface area contributed by atoms with E-state index in [4.69, 9.17) is 5.26 Å². The maximum Gasteiger partial charge on any atom is 0.238 e. The number of rotatable bonds is 6. The lowest BCUT2D eigenvalue weighted by Crippen LogP contribution is -2.22. The Morgan fingerprint density at radius 2 is 2.15 bits per heavy atom. The van der Waals surface area contributed by atoms with Crippen molar-refractivity contribution in [2.45, 2.75) is 17.3 Å². The molecule has 0 spiro atoms. The number of hydrogen-bond acceptors (Lipinski definition) is 6. The fourth-order valence-electron chi connectivity index (χ4n) is 2.05. The van der Waals surface area contributed by atoms with E-state index in [1.165, 1.54) is 35.2 Å². The zero-order valence-electron chi connectivity index (χ0n) is 14.1. The molecule has 2 N–H and O–H groups in total.